The molecule has 0 bridgehead atoms. The van der Waals surface area contributed by atoms with E-state index in [9.17, 15) is 13.2 Å². The number of rotatable bonds is 0. The molecule has 0 fully saturated rings. The van der Waals surface area contributed by atoms with E-state index >= 15 is 0 Å². The van der Waals surface area contributed by atoms with Crippen molar-refractivity contribution in [3.63, 3.8) is 0 Å². The van der Waals surface area contributed by atoms with Crippen LogP contribution in [0.4, 0.5) is 18.9 Å². The molecule has 0 amide bonds. The van der Waals surface area contributed by atoms with Crippen LogP contribution in [0.3, 0.4) is 0 Å². The van der Waals surface area contributed by atoms with Gasteiger partial charge < -0.3 is 5.73 Å². The highest BCUT2D eigenvalue weighted by Crippen LogP contribution is 2.27. The van der Waals surface area contributed by atoms with Crippen LogP contribution >= 0.6 is 0 Å². The van der Waals surface area contributed by atoms with E-state index < -0.39 is 11.7 Å². The van der Waals surface area contributed by atoms with Gasteiger partial charge in [0.1, 0.15) is 7.85 Å². The van der Waals surface area contributed by atoms with Crippen LogP contribution in [0.5, 0.6) is 0 Å². The molecule has 0 aliphatic heterocycles. The predicted molar refractivity (Wildman–Crippen MR) is 41.2 cm³/mol. The van der Waals surface area contributed by atoms with E-state index in [1.807, 2.05) is 0 Å². The van der Waals surface area contributed by atoms with E-state index in [1.54, 1.807) is 0 Å². The Morgan fingerprint density at radius 2 is 1.83 bits per heavy atom. The van der Waals surface area contributed by atoms with Gasteiger partial charge in [0.15, 0.2) is 0 Å². The van der Waals surface area contributed by atoms with Crippen LogP contribution in [0.15, 0.2) is 18.2 Å². The lowest BCUT2D eigenvalue weighted by Crippen LogP contribution is -2.19. The fourth-order valence-corrected chi connectivity index (χ4v) is 0.839. The number of nitrogens with two attached hydrogens (primary N) is 1. The third-order valence-electron chi connectivity index (χ3n) is 1.38. The van der Waals surface area contributed by atoms with Gasteiger partial charge in [-0.2, -0.15) is 13.2 Å². The highest BCUT2D eigenvalue weighted by Gasteiger charge is 2.31. The maximum absolute atomic E-state index is 12.1. The predicted octanol–water partition coefficient (Wildman–Crippen LogP) is 1.08. The number of halogens is 3. The quantitative estimate of drug-likeness (QED) is 0.458. The van der Waals surface area contributed by atoms with Crippen molar-refractivity contribution < 1.29 is 13.2 Å². The molecule has 0 spiro atoms. The molecule has 0 atom stereocenters. The number of nitrogen functional groups attached to an aromatic ring is 1. The summed E-state index contributed by atoms with van der Waals surface area (Å²) in [6, 6.07) is 3.12. The van der Waals surface area contributed by atoms with Gasteiger partial charge in [0.2, 0.25) is 0 Å². The minimum absolute atomic E-state index is 0.223. The van der Waals surface area contributed by atoms with Crippen molar-refractivity contribution >= 4 is 19.0 Å². The summed E-state index contributed by atoms with van der Waals surface area (Å²) in [6.45, 7) is 0. The van der Waals surface area contributed by atoms with Gasteiger partial charge in [0.05, 0.1) is 0 Å². The monoisotopic (exact) mass is 171 g/mol. The van der Waals surface area contributed by atoms with Crippen molar-refractivity contribution in [2.45, 2.75) is 6.18 Å². The summed E-state index contributed by atoms with van der Waals surface area (Å²) in [5, 5.41) is 0. The second kappa shape index (κ2) is 2.73. The summed E-state index contributed by atoms with van der Waals surface area (Å²) in [6.07, 6.45) is -4.40. The van der Waals surface area contributed by atoms with Crippen molar-refractivity contribution in [3.05, 3.63) is 23.8 Å². The minimum atomic E-state index is -4.40. The van der Waals surface area contributed by atoms with Gasteiger partial charge in [0, 0.05) is 11.3 Å². The van der Waals surface area contributed by atoms with Crippen LogP contribution in [-0.4, -0.2) is 7.85 Å². The van der Waals surface area contributed by atoms with Gasteiger partial charge >= 0.3 is 6.18 Å². The second-order valence-corrected chi connectivity index (χ2v) is 2.34. The average molecular weight is 171 g/mol. The number of hydrogen-bond acceptors (Lipinski definition) is 1. The molecule has 1 rings (SSSR count). The zero-order chi connectivity index (χ0) is 9.35. The fourth-order valence-electron chi connectivity index (χ4n) is 0.839. The Morgan fingerprint density at radius 3 is 2.25 bits per heavy atom. The van der Waals surface area contributed by atoms with Crippen LogP contribution in [0.2, 0.25) is 0 Å². The Balaban J connectivity index is 3.19. The van der Waals surface area contributed by atoms with Crippen molar-refractivity contribution in [2.75, 3.05) is 5.73 Å². The Bertz CT molecular complexity index is 295. The second-order valence-electron chi connectivity index (χ2n) is 2.34. The highest BCUT2D eigenvalue weighted by atomic mass is 19.4. The van der Waals surface area contributed by atoms with Crippen LogP contribution in [0, 0.1) is 0 Å². The largest absolute Gasteiger partial charge is 0.415 e. The van der Waals surface area contributed by atoms with E-state index in [4.69, 9.17) is 13.6 Å². The smallest absolute Gasteiger partial charge is 0.399 e. The fraction of sp³-hybridized carbons (Fsp3) is 0.143. The molecular weight excluding hydrogens is 166 g/mol. The summed E-state index contributed by atoms with van der Waals surface area (Å²) in [5.74, 6) is 0. The zero-order valence-corrected chi connectivity index (χ0v) is 6.02. The summed E-state index contributed by atoms with van der Waals surface area (Å²) >= 11 is 0. The summed E-state index contributed by atoms with van der Waals surface area (Å²) in [4.78, 5) is 0. The van der Waals surface area contributed by atoms with Crippen LogP contribution < -0.4 is 11.2 Å². The van der Waals surface area contributed by atoms with Crippen LogP contribution in [0.25, 0.3) is 0 Å². The first-order chi connectivity index (χ1) is 5.41. The number of anilines is 1. The molecule has 0 heterocycles. The SMILES string of the molecule is [B]c1cc(N)ccc1C(F)(F)F. The molecule has 5 heteroatoms. The van der Waals surface area contributed by atoms with Gasteiger partial charge in [-0.15, -0.1) is 0 Å². The van der Waals surface area contributed by atoms with Crippen LogP contribution in [0.1, 0.15) is 5.56 Å². The van der Waals surface area contributed by atoms with Crippen molar-refractivity contribution in [3.8, 4) is 0 Å². The Hall–Kier alpha value is -1.13. The van der Waals surface area contributed by atoms with E-state index in [2.05, 4.69) is 0 Å². The van der Waals surface area contributed by atoms with Gasteiger partial charge in [-0.1, -0.05) is 5.46 Å². The Labute approximate surface area is 68.8 Å². The molecule has 12 heavy (non-hydrogen) atoms. The van der Waals surface area contributed by atoms with E-state index in [0.717, 1.165) is 12.1 Å². The Kier molecular flexibility index (Phi) is 2.04. The third-order valence-corrected chi connectivity index (χ3v) is 1.38. The molecule has 2 radical (unpaired) electrons. The molecule has 0 aromatic heterocycles. The lowest BCUT2D eigenvalue weighted by Gasteiger charge is -2.10. The number of hydrogen-bond donors (Lipinski definition) is 1. The normalized spacial score (nSPS) is 11.6. The van der Waals surface area contributed by atoms with Crippen molar-refractivity contribution in [1.29, 1.82) is 0 Å². The van der Waals surface area contributed by atoms with Gasteiger partial charge in [-0.25, -0.2) is 0 Å². The molecule has 1 nitrogen and oxygen atoms in total. The molecule has 1 aromatic rings. The lowest BCUT2D eigenvalue weighted by molar-refractivity contribution is -0.136. The Morgan fingerprint density at radius 1 is 1.25 bits per heavy atom. The molecule has 0 aliphatic rings. The first-order valence-corrected chi connectivity index (χ1v) is 3.13. The molecule has 0 saturated carbocycles. The van der Waals surface area contributed by atoms with Crippen molar-refractivity contribution in [1.82, 2.24) is 0 Å². The molecule has 0 saturated heterocycles. The summed E-state index contributed by atoms with van der Waals surface area (Å²) < 4.78 is 36.2. The van der Waals surface area contributed by atoms with Crippen LogP contribution in [-0.2, 0) is 6.18 Å². The average Bonchev–Trinajstić information content (AvgIpc) is 1.83. The topological polar surface area (TPSA) is 26.0 Å². The summed E-state index contributed by atoms with van der Waals surface area (Å²) in [7, 11) is 5.11. The van der Waals surface area contributed by atoms with Gasteiger partial charge in [-0.05, 0) is 18.2 Å². The first-order valence-electron chi connectivity index (χ1n) is 3.13. The molecule has 1 aromatic carbocycles. The van der Waals surface area contributed by atoms with E-state index in [0.29, 0.717) is 0 Å². The standard InChI is InChI=1S/C7H5BF3N/c8-6-3-4(12)1-2-5(6)7(9,10)11/h1-3H,12H2. The molecule has 0 unspecified atom stereocenters. The molecule has 2 N–H and O–H groups in total. The number of benzene rings is 1. The van der Waals surface area contributed by atoms with Crippen molar-refractivity contribution in [2.24, 2.45) is 0 Å². The van der Waals surface area contributed by atoms with E-state index in [1.165, 1.54) is 6.07 Å². The van der Waals surface area contributed by atoms with Gasteiger partial charge in [-0.3, -0.25) is 0 Å². The molecular formula is C7H5BF3N. The minimum Gasteiger partial charge on any atom is -0.399 e. The lowest BCUT2D eigenvalue weighted by atomic mass is 9.90. The summed E-state index contributed by atoms with van der Waals surface area (Å²) in [5.41, 5.74) is 4.25. The molecule has 0 aliphatic carbocycles. The maximum Gasteiger partial charge on any atom is 0.415 e. The number of alkyl halides is 3. The third kappa shape index (κ3) is 1.72. The molecule has 62 valence electrons. The van der Waals surface area contributed by atoms with Gasteiger partial charge in [0.25, 0.3) is 0 Å². The zero-order valence-electron chi connectivity index (χ0n) is 6.02. The maximum atomic E-state index is 12.1. The van der Waals surface area contributed by atoms with E-state index in [-0.39, 0.29) is 11.2 Å². The highest BCUT2D eigenvalue weighted by molar-refractivity contribution is 6.33. The first kappa shape index (κ1) is 8.97.